The van der Waals surface area contributed by atoms with Gasteiger partial charge in [0.2, 0.25) is 5.91 Å². The maximum Gasteiger partial charge on any atom is 0.419 e. The Kier molecular flexibility index (Phi) is 8.76. The number of aliphatic hydroxyl groups excluding tert-OH is 1. The Morgan fingerprint density at radius 2 is 1.93 bits per heavy atom. The number of fused-ring (bicyclic) bond motifs is 2. The highest BCUT2D eigenvalue weighted by Crippen LogP contribution is 2.53. The summed E-state index contributed by atoms with van der Waals surface area (Å²) in [5.41, 5.74) is 0.459. The number of ether oxygens (including phenoxy) is 2. The van der Waals surface area contributed by atoms with Crippen LogP contribution in [0.3, 0.4) is 0 Å². The topological polar surface area (TPSA) is 79.3 Å². The van der Waals surface area contributed by atoms with Crippen LogP contribution < -0.4 is 9.64 Å². The highest BCUT2D eigenvalue weighted by atomic mass is 19.4. The van der Waals surface area contributed by atoms with Crippen LogP contribution in [0.25, 0.3) is 6.08 Å². The smallest absolute Gasteiger partial charge is 0.419 e. The van der Waals surface area contributed by atoms with Crippen LogP contribution >= 0.6 is 0 Å². The first kappa shape index (κ1) is 31.3. The van der Waals surface area contributed by atoms with Crippen molar-refractivity contribution in [2.75, 3.05) is 38.3 Å². The molecule has 45 heavy (non-hydrogen) atoms. The van der Waals surface area contributed by atoms with E-state index >= 15 is 0 Å². The Morgan fingerprint density at radius 1 is 1.13 bits per heavy atom. The average Bonchev–Trinajstić information content (AvgIpc) is 3.71. The number of nitrogens with zero attached hydrogens (tertiary/aromatic N) is 2. The van der Waals surface area contributed by atoms with E-state index in [9.17, 15) is 32.3 Å². The minimum Gasteiger partial charge on any atom is -0.496 e. The molecule has 4 fully saturated rings. The lowest BCUT2D eigenvalue weighted by atomic mass is 9.92. The third-order valence-electron chi connectivity index (χ3n) is 9.38. The molecule has 0 spiro atoms. The number of alkyl halides is 3. The van der Waals surface area contributed by atoms with Crippen molar-refractivity contribution in [2.45, 2.75) is 50.4 Å². The number of hydrogen-bond acceptors (Lipinski definition) is 5. The Hall–Kier alpha value is -3.70. The van der Waals surface area contributed by atoms with Crippen LogP contribution in [0.4, 0.5) is 23.2 Å². The largest absolute Gasteiger partial charge is 0.496 e. The predicted octanol–water partition coefficient (Wildman–Crippen LogP) is 5.87. The molecule has 2 bridgehead atoms. The number of rotatable bonds is 8. The molecule has 2 amide bonds. The highest BCUT2D eigenvalue weighted by molar-refractivity contribution is 6.09. The van der Waals surface area contributed by atoms with Gasteiger partial charge in [-0.05, 0) is 85.9 Å². The summed E-state index contributed by atoms with van der Waals surface area (Å²) >= 11 is 0. The van der Waals surface area contributed by atoms with Crippen molar-refractivity contribution in [2.24, 2.45) is 17.8 Å². The first-order valence-electron chi connectivity index (χ1n) is 15.4. The quantitative estimate of drug-likeness (QED) is 0.225. The molecule has 3 aliphatic carbocycles. The fraction of sp³-hybridized carbons (Fsp3) is 0.471. The second-order valence-electron chi connectivity index (χ2n) is 12.3. The molecule has 1 heterocycles. The summed E-state index contributed by atoms with van der Waals surface area (Å²) in [4.78, 5) is 30.3. The van der Waals surface area contributed by atoms with Crippen molar-refractivity contribution in [3.63, 3.8) is 0 Å². The summed E-state index contributed by atoms with van der Waals surface area (Å²) in [5.74, 6) is -1.25. The molecule has 2 aromatic rings. The summed E-state index contributed by atoms with van der Waals surface area (Å²) in [6.07, 6.45) is 4.48. The highest BCUT2D eigenvalue weighted by Gasteiger charge is 2.49. The van der Waals surface area contributed by atoms with Crippen LogP contribution in [0.5, 0.6) is 5.75 Å². The van der Waals surface area contributed by atoms with Crippen LogP contribution in [0.1, 0.15) is 53.6 Å². The average molecular weight is 629 g/mol. The van der Waals surface area contributed by atoms with Crippen LogP contribution in [-0.4, -0.2) is 67.4 Å². The van der Waals surface area contributed by atoms with Gasteiger partial charge < -0.3 is 24.4 Å². The SMILES string of the molecule is COc1ccc(/C=C/C(=O)N2CCO[C@@H](CO)C2)cc1C(=O)N(c1ccc(F)c(C(F)(F)F)c1)[C@@H]1C[C@H]2CC[C@@H]1/C2=C\C1CC1. The van der Waals surface area contributed by atoms with Crippen LogP contribution in [0, 0.1) is 23.6 Å². The third-order valence-corrected chi connectivity index (χ3v) is 9.38. The van der Waals surface area contributed by atoms with Crippen LogP contribution in [0.2, 0.25) is 0 Å². The van der Waals surface area contributed by atoms with Crippen molar-refractivity contribution in [1.29, 1.82) is 0 Å². The molecule has 4 aliphatic rings. The van der Waals surface area contributed by atoms with Gasteiger partial charge in [0.25, 0.3) is 5.91 Å². The molecule has 1 N–H and O–H groups in total. The van der Waals surface area contributed by atoms with Gasteiger partial charge in [-0.1, -0.05) is 17.7 Å². The Labute approximate surface area is 259 Å². The molecule has 6 rings (SSSR count). The molecule has 0 radical (unpaired) electrons. The molecule has 1 saturated heterocycles. The number of benzene rings is 2. The molecule has 0 unspecified atom stereocenters. The molecular formula is C34H36F4N2O5. The number of anilines is 1. The number of amides is 2. The van der Waals surface area contributed by atoms with Crippen molar-refractivity contribution >= 4 is 23.6 Å². The number of carbonyl (C=O) groups is 2. The summed E-state index contributed by atoms with van der Waals surface area (Å²) in [7, 11) is 1.40. The Bertz CT molecular complexity index is 1520. The van der Waals surface area contributed by atoms with Gasteiger partial charge in [-0.2, -0.15) is 13.2 Å². The maximum atomic E-state index is 14.5. The number of methoxy groups -OCH3 is 1. The van der Waals surface area contributed by atoms with E-state index in [-0.39, 0.29) is 47.9 Å². The second kappa shape index (κ2) is 12.6. The molecular weight excluding hydrogens is 592 g/mol. The van der Waals surface area contributed by atoms with Gasteiger partial charge in [0, 0.05) is 36.8 Å². The fourth-order valence-corrected chi connectivity index (χ4v) is 6.99. The normalized spacial score (nSPS) is 25.7. The molecule has 4 atom stereocenters. The van der Waals surface area contributed by atoms with Crippen molar-refractivity contribution in [3.8, 4) is 5.75 Å². The number of carbonyl (C=O) groups excluding carboxylic acids is 2. The first-order chi connectivity index (χ1) is 21.6. The van der Waals surface area contributed by atoms with E-state index in [1.807, 2.05) is 0 Å². The van der Waals surface area contributed by atoms with Gasteiger partial charge in [-0.25, -0.2) is 4.39 Å². The van der Waals surface area contributed by atoms with E-state index in [0.717, 1.165) is 37.8 Å². The van der Waals surface area contributed by atoms with Crippen LogP contribution in [0.15, 0.2) is 54.1 Å². The monoisotopic (exact) mass is 628 g/mol. The van der Waals surface area contributed by atoms with E-state index in [2.05, 4.69) is 6.08 Å². The number of allylic oxidation sites excluding steroid dienone is 1. The Morgan fingerprint density at radius 3 is 2.64 bits per heavy atom. The van der Waals surface area contributed by atoms with E-state index in [1.54, 1.807) is 29.2 Å². The molecule has 3 saturated carbocycles. The van der Waals surface area contributed by atoms with Gasteiger partial charge in [-0.3, -0.25) is 9.59 Å². The number of morpholine rings is 1. The van der Waals surface area contributed by atoms with Crippen LogP contribution in [-0.2, 0) is 15.7 Å². The first-order valence-corrected chi connectivity index (χ1v) is 15.4. The van der Waals surface area contributed by atoms with Gasteiger partial charge in [-0.15, -0.1) is 0 Å². The summed E-state index contributed by atoms with van der Waals surface area (Å²) < 4.78 is 66.8. The van der Waals surface area contributed by atoms with Crippen molar-refractivity contribution < 1.29 is 41.7 Å². The minimum absolute atomic E-state index is 0.00176. The zero-order valence-electron chi connectivity index (χ0n) is 24.9. The van der Waals surface area contributed by atoms with E-state index < -0.39 is 35.6 Å². The van der Waals surface area contributed by atoms with Gasteiger partial charge in [0.1, 0.15) is 11.6 Å². The van der Waals surface area contributed by atoms with Crippen molar-refractivity contribution in [3.05, 3.63) is 76.6 Å². The second-order valence-corrected chi connectivity index (χ2v) is 12.3. The molecule has 1 aliphatic heterocycles. The fourth-order valence-electron chi connectivity index (χ4n) is 6.99. The van der Waals surface area contributed by atoms with Gasteiger partial charge in [0.15, 0.2) is 0 Å². The standard InChI is InChI=1S/C34H36F4N2O5/c1-44-31-10-4-21(5-11-32(42)39-12-13-45-24(18-39)19-41)15-27(31)33(43)40(23-7-9-29(35)28(17-23)34(36,37)38)30-16-22-6-8-25(30)26(22)14-20-2-3-20/h4-5,7,9-11,14-15,17,20,22,24-25,30,41H,2-3,6,8,12-13,16,18-19H2,1H3/b11-5+,26-14-/t22-,24-,25-,30-/m1/s1. The summed E-state index contributed by atoms with van der Waals surface area (Å²) in [6, 6.07) is 7.12. The van der Waals surface area contributed by atoms with Gasteiger partial charge >= 0.3 is 6.18 Å². The molecule has 240 valence electrons. The predicted molar refractivity (Wildman–Crippen MR) is 159 cm³/mol. The number of halogens is 4. The molecule has 7 nitrogen and oxygen atoms in total. The lowest BCUT2D eigenvalue weighted by Gasteiger charge is -2.35. The molecule has 0 aromatic heterocycles. The minimum atomic E-state index is -4.94. The van der Waals surface area contributed by atoms with E-state index in [1.165, 1.54) is 29.7 Å². The zero-order chi connectivity index (χ0) is 31.9. The maximum absolute atomic E-state index is 14.5. The van der Waals surface area contributed by atoms with E-state index in [4.69, 9.17) is 9.47 Å². The number of hydrogen-bond donors (Lipinski definition) is 1. The molecule has 11 heteroatoms. The Balaban J connectivity index is 1.35. The lowest BCUT2D eigenvalue weighted by molar-refractivity contribution is -0.140. The van der Waals surface area contributed by atoms with Gasteiger partial charge in [0.05, 0.1) is 37.6 Å². The third kappa shape index (κ3) is 6.51. The van der Waals surface area contributed by atoms with Crippen molar-refractivity contribution in [1.82, 2.24) is 4.90 Å². The lowest BCUT2D eigenvalue weighted by Crippen LogP contribution is -2.46. The summed E-state index contributed by atoms with van der Waals surface area (Å²) in [6.45, 7) is 0.730. The number of aliphatic hydroxyl groups is 1. The zero-order valence-corrected chi connectivity index (χ0v) is 24.9. The summed E-state index contributed by atoms with van der Waals surface area (Å²) in [5, 5.41) is 9.39. The van der Waals surface area contributed by atoms with E-state index in [0.29, 0.717) is 31.1 Å². The molecule has 2 aromatic carbocycles.